The van der Waals surface area contributed by atoms with Crippen LogP contribution in [0, 0.1) is 0 Å². The third kappa shape index (κ3) is 2.26. The van der Waals surface area contributed by atoms with Gasteiger partial charge in [-0.25, -0.2) is 4.68 Å². The van der Waals surface area contributed by atoms with E-state index in [9.17, 15) is 0 Å². The Morgan fingerprint density at radius 1 is 1.29 bits per heavy atom. The molecule has 0 saturated heterocycles. The smallest absolute Gasteiger partial charge is 0.215 e. The van der Waals surface area contributed by atoms with Crippen molar-refractivity contribution in [1.82, 2.24) is 30.0 Å². The van der Waals surface area contributed by atoms with E-state index in [1.54, 1.807) is 16.4 Å². The highest BCUT2D eigenvalue weighted by atomic mass is 32.2. The maximum absolute atomic E-state index is 6.07. The molecule has 0 amide bonds. The van der Waals surface area contributed by atoms with Crippen LogP contribution in [0.4, 0.5) is 5.69 Å². The molecule has 0 saturated carbocycles. The van der Waals surface area contributed by atoms with Crippen LogP contribution in [0.3, 0.4) is 0 Å². The van der Waals surface area contributed by atoms with Gasteiger partial charge in [-0.2, -0.15) is 5.10 Å². The minimum atomic E-state index is 0.697. The molecule has 0 aliphatic rings. The van der Waals surface area contributed by atoms with Crippen molar-refractivity contribution in [2.24, 2.45) is 14.1 Å². The van der Waals surface area contributed by atoms with Gasteiger partial charge in [-0.3, -0.25) is 4.68 Å². The Kier molecular flexibility index (Phi) is 3.32. The molecule has 2 N–H and O–H groups in total. The summed E-state index contributed by atoms with van der Waals surface area (Å²) in [4.78, 5) is 0. The summed E-state index contributed by atoms with van der Waals surface area (Å²) in [7, 11) is 3.67. The van der Waals surface area contributed by atoms with Gasteiger partial charge in [-0.1, -0.05) is 13.3 Å². The number of nitrogens with two attached hydrogens (primary N) is 1. The molecule has 0 radical (unpaired) electrons. The van der Waals surface area contributed by atoms with Gasteiger partial charge in [0.25, 0.3) is 0 Å². The van der Waals surface area contributed by atoms with Crippen LogP contribution in [-0.4, -0.2) is 30.0 Å². The fraction of sp³-hybridized carbons (Fsp3) is 0.556. The normalized spacial score (nSPS) is 11.0. The van der Waals surface area contributed by atoms with Gasteiger partial charge in [0.2, 0.25) is 5.16 Å². The Morgan fingerprint density at radius 3 is 2.65 bits per heavy atom. The van der Waals surface area contributed by atoms with Gasteiger partial charge in [0.15, 0.2) is 0 Å². The molecule has 2 aromatic rings. The van der Waals surface area contributed by atoms with Gasteiger partial charge in [0.1, 0.15) is 5.03 Å². The quantitative estimate of drug-likeness (QED) is 0.860. The van der Waals surface area contributed by atoms with Crippen molar-refractivity contribution in [2.45, 2.75) is 29.9 Å². The van der Waals surface area contributed by atoms with Crippen LogP contribution in [0.15, 0.2) is 10.2 Å². The molecule has 0 bridgehead atoms. The lowest BCUT2D eigenvalue weighted by molar-refractivity contribution is 0.657. The summed E-state index contributed by atoms with van der Waals surface area (Å²) in [6.45, 7) is 2.10. The topological polar surface area (TPSA) is 87.4 Å². The molecule has 2 heterocycles. The van der Waals surface area contributed by atoms with E-state index in [1.807, 2.05) is 7.05 Å². The number of nitrogen functional groups attached to an aromatic ring is 1. The van der Waals surface area contributed by atoms with Gasteiger partial charge in [0.05, 0.1) is 11.4 Å². The molecule has 0 atom stereocenters. The standard InChI is InChI=1S/C9H15N7S/c1-4-5-6-7(10)8(15(2)12-6)17-9-11-13-14-16(9)3/h4-5,10H2,1-3H3. The zero-order valence-electron chi connectivity index (χ0n) is 10.1. The molecule has 2 rings (SSSR count). The minimum Gasteiger partial charge on any atom is -0.395 e. The molecule has 2 aromatic heterocycles. The van der Waals surface area contributed by atoms with E-state index >= 15 is 0 Å². The third-order valence-corrected chi connectivity index (χ3v) is 3.57. The van der Waals surface area contributed by atoms with Crippen molar-refractivity contribution in [2.75, 3.05) is 5.73 Å². The van der Waals surface area contributed by atoms with Crippen molar-refractivity contribution in [3.8, 4) is 0 Å². The summed E-state index contributed by atoms with van der Waals surface area (Å²) in [6, 6.07) is 0. The van der Waals surface area contributed by atoms with Crippen molar-refractivity contribution in [3.63, 3.8) is 0 Å². The number of hydrogen-bond acceptors (Lipinski definition) is 6. The van der Waals surface area contributed by atoms with Crippen LogP contribution in [0.5, 0.6) is 0 Å². The van der Waals surface area contributed by atoms with Crippen LogP contribution in [0.1, 0.15) is 19.0 Å². The van der Waals surface area contributed by atoms with Crippen molar-refractivity contribution in [1.29, 1.82) is 0 Å². The zero-order valence-corrected chi connectivity index (χ0v) is 10.9. The number of tetrazole rings is 1. The Morgan fingerprint density at radius 2 is 2.06 bits per heavy atom. The van der Waals surface area contributed by atoms with Crippen LogP contribution in [-0.2, 0) is 20.5 Å². The lowest BCUT2D eigenvalue weighted by Gasteiger charge is -2.00. The first kappa shape index (κ1) is 11.9. The largest absolute Gasteiger partial charge is 0.395 e. The van der Waals surface area contributed by atoms with Crippen molar-refractivity contribution < 1.29 is 0 Å². The summed E-state index contributed by atoms with van der Waals surface area (Å²) in [5.41, 5.74) is 7.74. The monoisotopic (exact) mass is 253 g/mol. The highest BCUT2D eigenvalue weighted by Crippen LogP contribution is 2.32. The van der Waals surface area contributed by atoms with E-state index < -0.39 is 0 Å². The second-order valence-corrected chi connectivity index (χ2v) is 4.68. The molecule has 0 aliphatic carbocycles. The van der Waals surface area contributed by atoms with Crippen LogP contribution >= 0.6 is 11.8 Å². The Balaban J connectivity index is 2.30. The van der Waals surface area contributed by atoms with E-state index in [0.717, 1.165) is 29.2 Å². The maximum atomic E-state index is 6.07. The van der Waals surface area contributed by atoms with Gasteiger partial charge in [-0.05, 0) is 28.6 Å². The van der Waals surface area contributed by atoms with E-state index in [0.29, 0.717) is 5.16 Å². The molecule has 0 spiro atoms. The molecule has 0 unspecified atom stereocenters. The molecule has 0 fully saturated rings. The Labute approximate surface area is 103 Å². The zero-order chi connectivity index (χ0) is 12.4. The molecule has 8 heteroatoms. The molecule has 92 valence electrons. The number of rotatable bonds is 4. The molecule has 7 nitrogen and oxygen atoms in total. The average Bonchev–Trinajstić information content (AvgIpc) is 2.79. The fourth-order valence-corrected chi connectivity index (χ4v) is 2.33. The highest BCUT2D eigenvalue weighted by molar-refractivity contribution is 7.99. The first-order valence-electron chi connectivity index (χ1n) is 5.35. The number of aromatic nitrogens is 6. The number of anilines is 1. The van der Waals surface area contributed by atoms with Gasteiger partial charge in [0, 0.05) is 14.1 Å². The van der Waals surface area contributed by atoms with Gasteiger partial charge >= 0.3 is 0 Å². The number of hydrogen-bond donors (Lipinski definition) is 1. The van der Waals surface area contributed by atoms with E-state index in [1.165, 1.54) is 11.8 Å². The molecule has 0 aliphatic heterocycles. The number of nitrogens with zero attached hydrogens (tertiary/aromatic N) is 6. The van der Waals surface area contributed by atoms with Gasteiger partial charge < -0.3 is 5.73 Å². The lowest BCUT2D eigenvalue weighted by atomic mass is 10.2. The minimum absolute atomic E-state index is 0.697. The maximum Gasteiger partial charge on any atom is 0.215 e. The van der Waals surface area contributed by atoms with E-state index in [2.05, 4.69) is 27.5 Å². The highest BCUT2D eigenvalue weighted by Gasteiger charge is 2.16. The van der Waals surface area contributed by atoms with E-state index in [4.69, 9.17) is 5.73 Å². The Hall–Kier alpha value is -1.57. The first-order valence-corrected chi connectivity index (χ1v) is 6.16. The number of aryl methyl sites for hydroxylation is 3. The van der Waals surface area contributed by atoms with Crippen molar-refractivity contribution in [3.05, 3.63) is 5.69 Å². The molecule has 0 aromatic carbocycles. The molecule has 17 heavy (non-hydrogen) atoms. The second kappa shape index (κ2) is 4.74. The summed E-state index contributed by atoms with van der Waals surface area (Å²) in [5, 5.41) is 17.3. The summed E-state index contributed by atoms with van der Waals surface area (Å²) < 4.78 is 3.39. The van der Waals surface area contributed by atoms with Crippen molar-refractivity contribution >= 4 is 17.4 Å². The average molecular weight is 253 g/mol. The van der Waals surface area contributed by atoms with Crippen LogP contribution < -0.4 is 5.73 Å². The Bertz CT molecular complexity index is 515. The summed E-state index contributed by atoms with van der Waals surface area (Å²) >= 11 is 1.42. The lowest BCUT2D eigenvalue weighted by Crippen LogP contribution is -1.97. The van der Waals surface area contributed by atoms with E-state index in [-0.39, 0.29) is 0 Å². The van der Waals surface area contributed by atoms with Crippen LogP contribution in [0.2, 0.25) is 0 Å². The fourth-order valence-electron chi connectivity index (χ4n) is 1.51. The van der Waals surface area contributed by atoms with Gasteiger partial charge in [-0.15, -0.1) is 5.10 Å². The predicted octanol–water partition coefficient (Wildman–Crippen LogP) is 0.630. The second-order valence-electron chi connectivity index (χ2n) is 3.73. The SMILES string of the molecule is CCCc1nn(C)c(Sc2nnnn2C)c1N. The first-order chi connectivity index (χ1) is 8.13. The molecular formula is C9H15N7S. The predicted molar refractivity (Wildman–Crippen MR) is 64.5 cm³/mol. The summed E-state index contributed by atoms with van der Waals surface area (Å²) in [5.74, 6) is 0. The molecular weight excluding hydrogens is 238 g/mol. The van der Waals surface area contributed by atoms with Crippen LogP contribution in [0.25, 0.3) is 0 Å². The third-order valence-electron chi connectivity index (χ3n) is 2.36. The summed E-state index contributed by atoms with van der Waals surface area (Å²) in [6.07, 6.45) is 1.91.